The van der Waals surface area contributed by atoms with Gasteiger partial charge in [0.05, 0.1) is 6.20 Å². The molecule has 2 aromatic heterocycles. The fraction of sp³-hybridized carbons (Fsp3) is 0.143. The summed E-state index contributed by atoms with van der Waals surface area (Å²) in [7, 11) is 0. The van der Waals surface area contributed by atoms with Crippen LogP contribution < -0.4 is 0 Å². The Labute approximate surface area is 118 Å². The number of rotatable bonds is 2. The van der Waals surface area contributed by atoms with Crippen LogP contribution in [-0.2, 0) is 5.38 Å². The number of fused-ring (bicyclic) bond motifs is 1. The molecule has 3 aromatic rings. The number of aryl methyl sites for hydroxylation is 1. The molecule has 0 atom stereocenters. The van der Waals surface area contributed by atoms with Gasteiger partial charge in [-0.15, -0.1) is 0 Å². The minimum absolute atomic E-state index is 0.367. The van der Waals surface area contributed by atoms with E-state index in [1.165, 1.54) is 12.3 Å². The van der Waals surface area contributed by atoms with Gasteiger partial charge in [-0.25, -0.2) is 9.50 Å². The smallest absolute Gasteiger partial charge is 0.233 e. The number of halogens is 3. The molecule has 0 aliphatic rings. The summed E-state index contributed by atoms with van der Waals surface area (Å²) in [6.07, 6.45) is 1.52. The van der Waals surface area contributed by atoms with Gasteiger partial charge in [0.1, 0.15) is 5.69 Å². The van der Waals surface area contributed by atoms with Gasteiger partial charge < -0.3 is 0 Å². The number of nitrogens with zero attached hydrogens (tertiary/aromatic N) is 3. The number of hydrogen-bond acceptors (Lipinski definition) is 2. The molecule has 0 radical (unpaired) electrons. The Morgan fingerprint density at radius 1 is 1.20 bits per heavy atom. The minimum atomic E-state index is -3.49. The highest BCUT2D eigenvalue weighted by Crippen LogP contribution is 2.34. The van der Waals surface area contributed by atoms with Crippen molar-refractivity contribution in [2.45, 2.75) is 12.3 Å². The molecule has 0 N–H and O–H groups in total. The molecule has 3 nitrogen and oxygen atoms in total. The standard InChI is InChI=1S/C14H10ClF2N3/c1-9-7-12(14(15,16)17)20-13(19-9)11(8-18-20)10-5-3-2-4-6-10/h2-8H,1H3. The first kappa shape index (κ1) is 13.0. The van der Waals surface area contributed by atoms with E-state index in [0.717, 1.165) is 10.1 Å². The number of benzene rings is 1. The van der Waals surface area contributed by atoms with E-state index in [9.17, 15) is 8.78 Å². The Balaban J connectivity index is 2.31. The molecule has 6 heteroatoms. The van der Waals surface area contributed by atoms with Crippen LogP contribution in [0.2, 0.25) is 0 Å². The van der Waals surface area contributed by atoms with Gasteiger partial charge in [0.15, 0.2) is 5.65 Å². The van der Waals surface area contributed by atoms with Crippen LogP contribution in [0.1, 0.15) is 11.4 Å². The SMILES string of the molecule is Cc1cc(C(F)(F)Cl)n2ncc(-c3ccccc3)c2n1. The third-order valence-electron chi connectivity index (χ3n) is 2.98. The third kappa shape index (κ3) is 2.14. The van der Waals surface area contributed by atoms with Gasteiger partial charge in [0.25, 0.3) is 0 Å². The average Bonchev–Trinajstić information content (AvgIpc) is 2.81. The molecular weight excluding hydrogens is 284 g/mol. The first-order chi connectivity index (χ1) is 9.47. The summed E-state index contributed by atoms with van der Waals surface area (Å²) in [5.41, 5.74) is 2.00. The number of aromatic nitrogens is 3. The number of alkyl halides is 3. The van der Waals surface area contributed by atoms with E-state index in [-0.39, 0.29) is 5.69 Å². The van der Waals surface area contributed by atoms with Gasteiger partial charge in [-0.1, -0.05) is 30.3 Å². The van der Waals surface area contributed by atoms with Crippen LogP contribution in [-0.4, -0.2) is 14.6 Å². The fourth-order valence-corrected chi connectivity index (χ4v) is 2.24. The fourth-order valence-electron chi connectivity index (χ4n) is 2.11. The molecule has 0 amide bonds. The maximum atomic E-state index is 13.5. The summed E-state index contributed by atoms with van der Waals surface area (Å²) in [5, 5.41) is 0.498. The van der Waals surface area contributed by atoms with Crippen LogP contribution in [0.5, 0.6) is 0 Å². The second kappa shape index (κ2) is 4.52. The van der Waals surface area contributed by atoms with Crippen LogP contribution in [0.15, 0.2) is 42.6 Å². The van der Waals surface area contributed by atoms with Gasteiger partial charge in [-0.3, -0.25) is 0 Å². The second-order valence-electron chi connectivity index (χ2n) is 4.44. The lowest BCUT2D eigenvalue weighted by atomic mass is 10.1. The van der Waals surface area contributed by atoms with E-state index >= 15 is 0 Å². The van der Waals surface area contributed by atoms with E-state index in [0.29, 0.717) is 16.9 Å². The average molecular weight is 294 g/mol. The van der Waals surface area contributed by atoms with Crippen LogP contribution in [0.25, 0.3) is 16.8 Å². The molecule has 0 spiro atoms. The summed E-state index contributed by atoms with van der Waals surface area (Å²) in [6.45, 7) is 1.65. The van der Waals surface area contributed by atoms with Crippen LogP contribution in [0.3, 0.4) is 0 Å². The zero-order chi connectivity index (χ0) is 14.3. The summed E-state index contributed by atoms with van der Waals surface area (Å²) in [6, 6.07) is 10.6. The Kier molecular flexibility index (Phi) is 2.94. The van der Waals surface area contributed by atoms with Crippen molar-refractivity contribution >= 4 is 17.2 Å². The van der Waals surface area contributed by atoms with E-state index in [1.54, 1.807) is 6.92 Å². The Hall–Kier alpha value is -2.01. The summed E-state index contributed by atoms with van der Waals surface area (Å²) >= 11 is 5.14. The van der Waals surface area contributed by atoms with Crippen molar-refractivity contribution in [2.24, 2.45) is 0 Å². The Morgan fingerprint density at radius 3 is 2.55 bits per heavy atom. The van der Waals surface area contributed by atoms with Gasteiger partial charge in [0, 0.05) is 11.3 Å². The molecule has 0 aliphatic carbocycles. The Bertz CT molecular complexity index is 763. The molecule has 0 bridgehead atoms. The van der Waals surface area contributed by atoms with Crippen LogP contribution >= 0.6 is 11.6 Å². The van der Waals surface area contributed by atoms with Crippen LogP contribution in [0.4, 0.5) is 8.78 Å². The second-order valence-corrected chi connectivity index (χ2v) is 4.91. The summed E-state index contributed by atoms with van der Waals surface area (Å²) < 4.78 is 28.0. The normalized spacial score (nSPS) is 12.0. The van der Waals surface area contributed by atoms with Crippen molar-refractivity contribution in [3.63, 3.8) is 0 Å². The lowest BCUT2D eigenvalue weighted by Gasteiger charge is -2.11. The van der Waals surface area contributed by atoms with E-state index < -0.39 is 5.38 Å². The maximum absolute atomic E-state index is 13.5. The highest BCUT2D eigenvalue weighted by atomic mass is 35.5. The molecule has 0 saturated carbocycles. The van der Waals surface area contributed by atoms with Crippen molar-refractivity contribution in [2.75, 3.05) is 0 Å². The quantitative estimate of drug-likeness (QED) is 0.669. The molecule has 0 unspecified atom stereocenters. The molecule has 3 rings (SSSR count). The molecule has 0 fully saturated rings. The topological polar surface area (TPSA) is 30.2 Å². The zero-order valence-corrected chi connectivity index (χ0v) is 11.3. The molecular formula is C14H10ClF2N3. The predicted octanol–water partition coefficient (Wildman–Crippen LogP) is 3.99. The highest BCUT2D eigenvalue weighted by Gasteiger charge is 2.32. The Morgan fingerprint density at radius 2 is 1.90 bits per heavy atom. The first-order valence-corrected chi connectivity index (χ1v) is 6.32. The van der Waals surface area contributed by atoms with Gasteiger partial charge in [0.2, 0.25) is 0 Å². The maximum Gasteiger partial charge on any atom is 0.364 e. The van der Waals surface area contributed by atoms with E-state index in [1.807, 2.05) is 30.3 Å². The summed E-state index contributed by atoms with van der Waals surface area (Å²) in [4.78, 5) is 4.29. The highest BCUT2D eigenvalue weighted by molar-refractivity contribution is 6.21. The third-order valence-corrected chi connectivity index (χ3v) is 3.17. The first-order valence-electron chi connectivity index (χ1n) is 5.95. The zero-order valence-electron chi connectivity index (χ0n) is 10.5. The van der Waals surface area contributed by atoms with Crippen molar-refractivity contribution in [1.82, 2.24) is 14.6 Å². The van der Waals surface area contributed by atoms with Crippen molar-refractivity contribution < 1.29 is 8.78 Å². The minimum Gasteiger partial charge on any atom is -0.233 e. The lowest BCUT2D eigenvalue weighted by Crippen LogP contribution is -2.12. The van der Waals surface area contributed by atoms with Crippen molar-refractivity contribution in [3.05, 3.63) is 54.0 Å². The molecule has 20 heavy (non-hydrogen) atoms. The van der Waals surface area contributed by atoms with Gasteiger partial charge in [-0.2, -0.15) is 13.9 Å². The molecule has 0 aliphatic heterocycles. The molecule has 2 heterocycles. The molecule has 0 saturated heterocycles. The van der Waals surface area contributed by atoms with Crippen LogP contribution in [0, 0.1) is 6.92 Å². The molecule has 102 valence electrons. The van der Waals surface area contributed by atoms with Gasteiger partial charge >= 0.3 is 5.38 Å². The van der Waals surface area contributed by atoms with E-state index in [4.69, 9.17) is 11.6 Å². The van der Waals surface area contributed by atoms with E-state index in [2.05, 4.69) is 10.1 Å². The summed E-state index contributed by atoms with van der Waals surface area (Å²) in [5.74, 6) is 0. The number of hydrogen-bond donors (Lipinski definition) is 0. The predicted molar refractivity (Wildman–Crippen MR) is 72.9 cm³/mol. The largest absolute Gasteiger partial charge is 0.364 e. The van der Waals surface area contributed by atoms with Gasteiger partial charge in [-0.05, 0) is 30.2 Å². The monoisotopic (exact) mass is 293 g/mol. The van der Waals surface area contributed by atoms with Crippen molar-refractivity contribution in [3.8, 4) is 11.1 Å². The van der Waals surface area contributed by atoms with Crippen molar-refractivity contribution in [1.29, 1.82) is 0 Å². The lowest BCUT2D eigenvalue weighted by molar-refractivity contribution is 0.0871. The molecule has 1 aromatic carbocycles.